The number of nitrogens with one attached hydrogen (secondary N) is 2. The number of fused-ring (bicyclic) bond motifs is 1. The van der Waals surface area contributed by atoms with Gasteiger partial charge < -0.3 is 20.1 Å². The Bertz CT molecular complexity index is 838. The number of hydrogen-bond acceptors (Lipinski definition) is 4. The summed E-state index contributed by atoms with van der Waals surface area (Å²) in [4.78, 5) is 12.5. The van der Waals surface area contributed by atoms with Crippen molar-refractivity contribution in [3.63, 3.8) is 0 Å². The Kier molecular flexibility index (Phi) is 5.29. The minimum atomic E-state index is -0.443. The van der Waals surface area contributed by atoms with Crippen molar-refractivity contribution in [3.05, 3.63) is 58.9 Å². The Balaban J connectivity index is 1.56. The predicted octanol–water partition coefficient (Wildman–Crippen LogP) is 3.63. The van der Waals surface area contributed by atoms with Crippen LogP contribution in [0.15, 0.2) is 36.4 Å². The molecule has 2 unspecified atom stereocenters. The van der Waals surface area contributed by atoms with E-state index in [9.17, 15) is 9.18 Å². The van der Waals surface area contributed by atoms with E-state index in [0.717, 1.165) is 35.3 Å². The number of carbonyl (C=O) groups is 1. The third-order valence-corrected chi connectivity index (χ3v) is 5.32. The van der Waals surface area contributed by atoms with Gasteiger partial charge in [-0.05, 0) is 47.4 Å². The summed E-state index contributed by atoms with van der Waals surface area (Å²) in [6, 6.07) is 9.86. The second-order valence-corrected chi connectivity index (χ2v) is 7.19. The number of anilines is 2. The van der Waals surface area contributed by atoms with Gasteiger partial charge in [-0.3, -0.25) is 4.79 Å². The van der Waals surface area contributed by atoms with Crippen LogP contribution in [0.1, 0.15) is 22.1 Å². The van der Waals surface area contributed by atoms with Gasteiger partial charge in [-0.15, -0.1) is 11.6 Å². The highest BCUT2D eigenvalue weighted by Gasteiger charge is 2.30. The molecule has 2 aliphatic heterocycles. The van der Waals surface area contributed by atoms with Crippen molar-refractivity contribution in [3.8, 4) is 0 Å². The molecule has 2 aliphatic rings. The van der Waals surface area contributed by atoms with E-state index in [2.05, 4.69) is 10.6 Å². The van der Waals surface area contributed by atoms with Crippen LogP contribution in [0.4, 0.5) is 15.8 Å². The van der Waals surface area contributed by atoms with Crippen LogP contribution in [0.5, 0.6) is 0 Å². The molecule has 0 aromatic heterocycles. The van der Waals surface area contributed by atoms with Crippen LogP contribution in [0.25, 0.3) is 0 Å². The molecule has 27 heavy (non-hydrogen) atoms. The summed E-state index contributed by atoms with van der Waals surface area (Å²) < 4.78 is 23.8. The summed E-state index contributed by atoms with van der Waals surface area (Å²) in [5.74, 6) is -0.502. The number of rotatable bonds is 5. The van der Waals surface area contributed by atoms with Crippen molar-refractivity contribution in [2.24, 2.45) is 0 Å². The van der Waals surface area contributed by atoms with Crippen molar-refractivity contribution in [1.29, 1.82) is 0 Å². The van der Waals surface area contributed by atoms with Crippen LogP contribution in [0.2, 0.25) is 0 Å². The minimum absolute atomic E-state index is 0.158. The molecule has 5 nitrogen and oxygen atoms in total. The molecule has 2 atom stereocenters. The standard InChI is InChI=1S/C20H20ClFN2O3/c21-20(18-10-26-11-27-18)15-9-16-13(5-6-23-16)8-17(15)24-19(25)7-12-1-3-14(22)4-2-12/h1-4,8-9,18,20,23H,5-7,10-11H2,(H,24,25). The fraction of sp³-hybridized carbons (Fsp3) is 0.350. The molecule has 1 saturated heterocycles. The van der Waals surface area contributed by atoms with Crippen molar-refractivity contribution in [1.82, 2.24) is 0 Å². The number of carbonyl (C=O) groups excluding carboxylic acids is 1. The fourth-order valence-corrected chi connectivity index (χ4v) is 3.73. The van der Waals surface area contributed by atoms with E-state index in [-0.39, 0.29) is 31.0 Å². The summed E-state index contributed by atoms with van der Waals surface area (Å²) in [5, 5.41) is 5.86. The second-order valence-electron chi connectivity index (χ2n) is 6.72. The zero-order valence-electron chi connectivity index (χ0n) is 14.6. The molecule has 142 valence electrons. The van der Waals surface area contributed by atoms with Gasteiger partial charge in [0.2, 0.25) is 5.91 Å². The molecule has 4 rings (SSSR count). The quantitative estimate of drug-likeness (QED) is 0.765. The predicted molar refractivity (Wildman–Crippen MR) is 102 cm³/mol. The van der Waals surface area contributed by atoms with Crippen molar-refractivity contribution in [2.75, 3.05) is 30.6 Å². The minimum Gasteiger partial charge on any atom is -0.384 e. The zero-order chi connectivity index (χ0) is 18.8. The summed E-state index contributed by atoms with van der Waals surface area (Å²) >= 11 is 6.65. The van der Waals surface area contributed by atoms with E-state index in [0.29, 0.717) is 12.3 Å². The fourth-order valence-electron chi connectivity index (χ4n) is 3.40. The molecule has 0 saturated carbocycles. The van der Waals surface area contributed by atoms with Crippen molar-refractivity contribution in [2.45, 2.75) is 24.3 Å². The molecule has 2 aromatic carbocycles. The lowest BCUT2D eigenvalue weighted by molar-refractivity contribution is -0.115. The Morgan fingerprint density at radius 2 is 2.15 bits per heavy atom. The van der Waals surface area contributed by atoms with Gasteiger partial charge in [0, 0.05) is 17.9 Å². The maximum absolute atomic E-state index is 13.0. The SMILES string of the molecule is O=C(Cc1ccc(F)cc1)Nc1cc2c(cc1C(Cl)C1COCO1)NCC2. The first kappa shape index (κ1) is 18.2. The Hall–Kier alpha value is -2.15. The largest absolute Gasteiger partial charge is 0.384 e. The van der Waals surface area contributed by atoms with Crippen LogP contribution in [-0.4, -0.2) is 32.0 Å². The molecule has 2 aromatic rings. The van der Waals surface area contributed by atoms with Gasteiger partial charge in [0.05, 0.1) is 18.4 Å². The first-order valence-electron chi connectivity index (χ1n) is 8.88. The van der Waals surface area contributed by atoms with Gasteiger partial charge in [0.25, 0.3) is 0 Å². The average molecular weight is 391 g/mol. The molecular weight excluding hydrogens is 371 g/mol. The van der Waals surface area contributed by atoms with Gasteiger partial charge in [-0.1, -0.05) is 12.1 Å². The van der Waals surface area contributed by atoms with Crippen molar-refractivity contribution < 1.29 is 18.7 Å². The number of alkyl halides is 1. The summed E-state index contributed by atoms with van der Waals surface area (Å²) in [5.41, 5.74) is 4.40. The van der Waals surface area contributed by atoms with Crippen LogP contribution in [0, 0.1) is 5.82 Å². The van der Waals surface area contributed by atoms with E-state index in [1.165, 1.54) is 12.1 Å². The zero-order valence-corrected chi connectivity index (χ0v) is 15.4. The number of halogens is 2. The van der Waals surface area contributed by atoms with Gasteiger partial charge in [-0.25, -0.2) is 4.39 Å². The highest BCUT2D eigenvalue weighted by Crippen LogP contribution is 2.38. The Labute approximate surface area is 161 Å². The normalized spacial score (nSPS) is 19.4. The van der Waals surface area contributed by atoms with Crippen LogP contribution >= 0.6 is 11.6 Å². The van der Waals surface area contributed by atoms with Gasteiger partial charge >= 0.3 is 0 Å². The van der Waals surface area contributed by atoms with E-state index < -0.39 is 5.38 Å². The van der Waals surface area contributed by atoms with E-state index in [1.54, 1.807) is 12.1 Å². The molecule has 0 spiro atoms. The van der Waals surface area contributed by atoms with Gasteiger partial charge in [-0.2, -0.15) is 0 Å². The monoisotopic (exact) mass is 390 g/mol. The number of amides is 1. The number of ether oxygens (including phenoxy) is 2. The Morgan fingerprint density at radius 1 is 1.33 bits per heavy atom. The van der Waals surface area contributed by atoms with Gasteiger partial charge in [0.1, 0.15) is 18.7 Å². The lowest BCUT2D eigenvalue weighted by atomic mass is 10.0. The lowest BCUT2D eigenvalue weighted by Crippen LogP contribution is -2.20. The van der Waals surface area contributed by atoms with Gasteiger partial charge in [0.15, 0.2) is 0 Å². The molecule has 1 amide bonds. The number of hydrogen-bond donors (Lipinski definition) is 2. The molecule has 2 heterocycles. The third kappa shape index (κ3) is 4.08. The maximum Gasteiger partial charge on any atom is 0.228 e. The molecule has 0 bridgehead atoms. The lowest BCUT2D eigenvalue weighted by Gasteiger charge is -2.21. The molecule has 2 N–H and O–H groups in total. The van der Waals surface area contributed by atoms with Crippen molar-refractivity contribution >= 4 is 28.9 Å². The second kappa shape index (κ2) is 7.84. The summed E-state index contributed by atoms with van der Waals surface area (Å²) in [7, 11) is 0. The van der Waals surface area contributed by atoms with Crippen LogP contribution in [-0.2, 0) is 27.1 Å². The summed E-state index contributed by atoms with van der Waals surface area (Å²) in [6.07, 6.45) is 0.788. The first-order chi connectivity index (χ1) is 13.1. The van der Waals surface area contributed by atoms with Crippen LogP contribution < -0.4 is 10.6 Å². The molecular formula is C20H20ClFN2O3. The topological polar surface area (TPSA) is 59.6 Å². The maximum atomic E-state index is 13.0. The highest BCUT2D eigenvalue weighted by atomic mass is 35.5. The first-order valence-corrected chi connectivity index (χ1v) is 9.32. The molecule has 7 heteroatoms. The highest BCUT2D eigenvalue weighted by molar-refractivity contribution is 6.22. The van der Waals surface area contributed by atoms with Crippen LogP contribution in [0.3, 0.4) is 0 Å². The third-order valence-electron chi connectivity index (χ3n) is 4.81. The molecule has 0 aliphatic carbocycles. The van der Waals surface area contributed by atoms with E-state index in [1.807, 2.05) is 12.1 Å². The summed E-state index contributed by atoms with van der Waals surface area (Å²) in [6.45, 7) is 1.50. The average Bonchev–Trinajstić information content (AvgIpc) is 3.33. The smallest absolute Gasteiger partial charge is 0.228 e. The number of benzene rings is 2. The van der Waals surface area contributed by atoms with E-state index >= 15 is 0 Å². The van der Waals surface area contributed by atoms with E-state index in [4.69, 9.17) is 21.1 Å². The Morgan fingerprint density at radius 3 is 2.89 bits per heavy atom. The molecule has 0 radical (unpaired) electrons. The molecule has 1 fully saturated rings.